The molecule has 0 bridgehead atoms. The van der Waals surface area contributed by atoms with E-state index in [0.717, 1.165) is 13.0 Å². The largest absolute Gasteiger partial charge is 0.382 e. The lowest BCUT2D eigenvalue weighted by Crippen LogP contribution is -2.51. The molecule has 1 aliphatic carbocycles. The summed E-state index contributed by atoms with van der Waals surface area (Å²) in [5, 5.41) is 0. The Bertz CT molecular complexity index is 179. The van der Waals surface area contributed by atoms with Gasteiger partial charge in [0, 0.05) is 18.5 Å². The minimum atomic E-state index is 0.198. The van der Waals surface area contributed by atoms with Crippen molar-refractivity contribution in [2.45, 2.75) is 30.4 Å². The van der Waals surface area contributed by atoms with Crippen molar-refractivity contribution in [1.29, 1.82) is 0 Å². The van der Waals surface area contributed by atoms with Crippen LogP contribution in [0.1, 0.15) is 13.3 Å². The molecule has 0 aromatic heterocycles. The highest BCUT2D eigenvalue weighted by atomic mass is 79.9. The molecule has 96 valence electrons. The lowest BCUT2D eigenvalue weighted by Gasteiger charge is -2.40. The van der Waals surface area contributed by atoms with Gasteiger partial charge in [-0.15, -0.1) is 0 Å². The van der Waals surface area contributed by atoms with Gasteiger partial charge in [0.05, 0.1) is 38.6 Å². The molecule has 0 amide bonds. The van der Waals surface area contributed by atoms with Crippen molar-refractivity contribution >= 4 is 15.9 Å². The fourth-order valence-electron chi connectivity index (χ4n) is 1.60. The monoisotopic (exact) mass is 296 g/mol. The molecule has 0 aliphatic heterocycles. The molecule has 1 saturated carbocycles. The second kappa shape index (κ2) is 8.42. The van der Waals surface area contributed by atoms with E-state index in [0.29, 0.717) is 31.3 Å². The molecular formula is C11H21BrO4. The van der Waals surface area contributed by atoms with Gasteiger partial charge in [-0.05, 0) is 13.3 Å². The molecule has 1 aliphatic rings. The van der Waals surface area contributed by atoms with Crippen LogP contribution in [-0.4, -0.2) is 57.2 Å². The van der Waals surface area contributed by atoms with Crippen molar-refractivity contribution in [2.24, 2.45) is 0 Å². The van der Waals surface area contributed by atoms with Gasteiger partial charge in [-0.1, -0.05) is 15.9 Å². The fourth-order valence-corrected chi connectivity index (χ4v) is 2.46. The van der Waals surface area contributed by atoms with Crippen molar-refractivity contribution in [1.82, 2.24) is 0 Å². The zero-order valence-electron chi connectivity index (χ0n) is 9.99. The first-order valence-electron chi connectivity index (χ1n) is 5.73. The molecule has 1 fully saturated rings. The average molecular weight is 297 g/mol. The van der Waals surface area contributed by atoms with Crippen LogP contribution in [0.5, 0.6) is 0 Å². The summed E-state index contributed by atoms with van der Waals surface area (Å²) in [5.41, 5.74) is 0. The summed E-state index contributed by atoms with van der Waals surface area (Å²) in [6.45, 7) is 5.23. The molecule has 4 nitrogen and oxygen atoms in total. The number of rotatable bonds is 9. The van der Waals surface area contributed by atoms with Crippen LogP contribution in [0, 0.1) is 0 Å². The second-order valence-corrected chi connectivity index (χ2v) is 4.86. The summed E-state index contributed by atoms with van der Waals surface area (Å²) >= 11 is 3.56. The molecule has 3 unspecified atom stereocenters. The minimum absolute atomic E-state index is 0.198. The lowest BCUT2D eigenvalue weighted by molar-refractivity contribution is -0.127. The van der Waals surface area contributed by atoms with E-state index in [1.165, 1.54) is 0 Å². The summed E-state index contributed by atoms with van der Waals surface area (Å²) in [6.07, 6.45) is 1.43. The first kappa shape index (κ1) is 14.4. The van der Waals surface area contributed by atoms with E-state index < -0.39 is 0 Å². The van der Waals surface area contributed by atoms with E-state index in [-0.39, 0.29) is 12.2 Å². The molecule has 1 rings (SSSR count). The van der Waals surface area contributed by atoms with Crippen molar-refractivity contribution in [3.8, 4) is 0 Å². The smallest absolute Gasteiger partial charge is 0.0962 e. The number of methoxy groups -OCH3 is 1. The SMILES string of the molecule is CCOC1C(Br)CC1OCCOCCOC. The molecule has 16 heavy (non-hydrogen) atoms. The van der Waals surface area contributed by atoms with Gasteiger partial charge in [0.2, 0.25) is 0 Å². The zero-order valence-corrected chi connectivity index (χ0v) is 11.6. The average Bonchev–Trinajstić information content (AvgIpc) is 2.29. The highest BCUT2D eigenvalue weighted by molar-refractivity contribution is 9.09. The summed E-state index contributed by atoms with van der Waals surface area (Å²) in [6, 6.07) is 0. The number of hydrogen-bond acceptors (Lipinski definition) is 4. The van der Waals surface area contributed by atoms with Gasteiger partial charge >= 0.3 is 0 Å². The summed E-state index contributed by atoms with van der Waals surface area (Å²) in [5.74, 6) is 0. The predicted molar refractivity (Wildman–Crippen MR) is 65.2 cm³/mol. The van der Waals surface area contributed by atoms with Crippen LogP contribution < -0.4 is 0 Å². The van der Waals surface area contributed by atoms with E-state index >= 15 is 0 Å². The van der Waals surface area contributed by atoms with E-state index in [1.54, 1.807) is 7.11 Å². The van der Waals surface area contributed by atoms with Gasteiger partial charge in [-0.25, -0.2) is 0 Å². The topological polar surface area (TPSA) is 36.9 Å². The summed E-state index contributed by atoms with van der Waals surface area (Å²) in [4.78, 5) is 0.437. The zero-order chi connectivity index (χ0) is 11.8. The standard InChI is InChI=1S/C11H21BrO4/c1-3-15-11-9(12)8-10(11)16-7-6-14-5-4-13-2/h9-11H,3-8H2,1-2H3. The van der Waals surface area contributed by atoms with Gasteiger partial charge in [0.15, 0.2) is 0 Å². The van der Waals surface area contributed by atoms with E-state index in [1.807, 2.05) is 6.92 Å². The molecule has 0 N–H and O–H groups in total. The van der Waals surface area contributed by atoms with Crippen LogP contribution in [0.4, 0.5) is 0 Å². The Hall–Kier alpha value is 0.320. The van der Waals surface area contributed by atoms with E-state index in [2.05, 4.69) is 15.9 Å². The van der Waals surface area contributed by atoms with Crippen LogP contribution in [-0.2, 0) is 18.9 Å². The first-order chi connectivity index (χ1) is 7.79. The Balaban J connectivity index is 1.96. The number of hydrogen-bond donors (Lipinski definition) is 0. The molecule has 0 spiro atoms. The van der Waals surface area contributed by atoms with Gasteiger partial charge in [0.25, 0.3) is 0 Å². The highest BCUT2D eigenvalue weighted by Crippen LogP contribution is 2.33. The van der Waals surface area contributed by atoms with Crippen molar-refractivity contribution in [3.05, 3.63) is 0 Å². The third-order valence-corrected chi connectivity index (χ3v) is 3.43. The van der Waals surface area contributed by atoms with Gasteiger partial charge in [-0.2, -0.15) is 0 Å². The van der Waals surface area contributed by atoms with Crippen LogP contribution in [0.2, 0.25) is 0 Å². The third-order valence-electron chi connectivity index (χ3n) is 2.53. The summed E-state index contributed by atoms with van der Waals surface area (Å²) in [7, 11) is 1.66. The first-order valence-corrected chi connectivity index (χ1v) is 6.65. The predicted octanol–water partition coefficient (Wildman–Crippen LogP) is 1.61. The number of alkyl halides is 1. The van der Waals surface area contributed by atoms with E-state index in [9.17, 15) is 0 Å². The minimum Gasteiger partial charge on any atom is -0.382 e. The van der Waals surface area contributed by atoms with Crippen LogP contribution in [0.25, 0.3) is 0 Å². The van der Waals surface area contributed by atoms with Gasteiger partial charge < -0.3 is 18.9 Å². The molecule has 0 aromatic carbocycles. The molecule has 0 aromatic rings. The Morgan fingerprint density at radius 3 is 2.50 bits per heavy atom. The quantitative estimate of drug-likeness (QED) is 0.478. The van der Waals surface area contributed by atoms with Crippen LogP contribution >= 0.6 is 15.9 Å². The Morgan fingerprint density at radius 2 is 1.88 bits per heavy atom. The molecule has 0 radical (unpaired) electrons. The van der Waals surface area contributed by atoms with Crippen molar-refractivity contribution in [2.75, 3.05) is 40.1 Å². The normalized spacial score (nSPS) is 29.1. The Labute approximate surface area is 106 Å². The molecule has 5 heteroatoms. The van der Waals surface area contributed by atoms with E-state index in [4.69, 9.17) is 18.9 Å². The van der Waals surface area contributed by atoms with Gasteiger partial charge in [-0.3, -0.25) is 0 Å². The number of halogens is 1. The van der Waals surface area contributed by atoms with Crippen LogP contribution in [0.15, 0.2) is 0 Å². The molecular weight excluding hydrogens is 276 g/mol. The Morgan fingerprint density at radius 1 is 1.12 bits per heavy atom. The second-order valence-electron chi connectivity index (χ2n) is 3.69. The maximum absolute atomic E-state index is 5.67. The maximum atomic E-state index is 5.67. The fraction of sp³-hybridized carbons (Fsp3) is 1.00. The van der Waals surface area contributed by atoms with Crippen molar-refractivity contribution in [3.63, 3.8) is 0 Å². The lowest BCUT2D eigenvalue weighted by atomic mass is 9.91. The number of ether oxygens (including phenoxy) is 4. The third kappa shape index (κ3) is 4.67. The van der Waals surface area contributed by atoms with Gasteiger partial charge in [0.1, 0.15) is 0 Å². The van der Waals surface area contributed by atoms with Crippen LogP contribution in [0.3, 0.4) is 0 Å². The molecule has 0 saturated heterocycles. The molecule has 3 atom stereocenters. The maximum Gasteiger partial charge on any atom is 0.0962 e. The molecule has 0 heterocycles. The highest BCUT2D eigenvalue weighted by Gasteiger charge is 2.40. The Kier molecular flexibility index (Phi) is 7.56. The summed E-state index contributed by atoms with van der Waals surface area (Å²) < 4.78 is 21.4. The van der Waals surface area contributed by atoms with Crippen molar-refractivity contribution < 1.29 is 18.9 Å².